The molecule has 0 unspecified atom stereocenters. The van der Waals surface area contributed by atoms with Crippen LogP contribution in [0.4, 0.5) is 0 Å². The highest BCUT2D eigenvalue weighted by molar-refractivity contribution is 6.31. The first-order valence-electron chi connectivity index (χ1n) is 6.98. The summed E-state index contributed by atoms with van der Waals surface area (Å²) in [5.74, 6) is -0.0989. The minimum absolute atomic E-state index is 0.248. The Morgan fingerprint density at radius 3 is 2.62 bits per heavy atom. The molecular weight excluding hydrogens is 334 g/mol. The van der Waals surface area contributed by atoms with Crippen molar-refractivity contribution < 1.29 is 19.1 Å². The number of methoxy groups -OCH3 is 1. The Morgan fingerprint density at radius 2 is 2.00 bits per heavy atom. The van der Waals surface area contributed by atoms with E-state index in [1.165, 1.54) is 19.4 Å². The summed E-state index contributed by atoms with van der Waals surface area (Å²) in [6.45, 7) is 1.58. The van der Waals surface area contributed by atoms with E-state index in [4.69, 9.17) is 21.1 Å². The van der Waals surface area contributed by atoms with Crippen LogP contribution in [0.1, 0.15) is 15.9 Å². The average Bonchev–Trinajstić information content (AvgIpc) is 2.60. The Balaban J connectivity index is 1.79. The van der Waals surface area contributed by atoms with E-state index in [0.717, 1.165) is 5.56 Å². The Bertz CT molecular complexity index is 735. The summed E-state index contributed by atoms with van der Waals surface area (Å²) >= 11 is 5.91. The highest BCUT2D eigenvalue weighted by Crippen LogP contribution is 2.20. The van der Waals surface area contributed by atoms with Gasteiger partial charge < -0.3 is 9.47 Å². The monoisotopic (exact) mass is 349 g/mol. The molecule has 1 aromatic carbocycles. The Labute approximate surface area is 143 Å². The molecule has 0 saturated carbocycles. The molecule has 1 aromatic heterocycles. The van der Waals surface area contributed by atoms with Crippen LogP contribution in [0.5, 0.6) is 11.6 Å². The third-order valence-corrected chi connectivity index (χ3v) is 3.45. The molecule has 126 valence electrons. The maximum atomic E-state index is 11.8. The maximum absolute atomic E-state index is 11.8. The lowest BCUT2D eigenvalue weighted by Gasteiger charge is -2.09. The van der Waals surface area contributed by atoms with E-state index in [0.29, 0.717) is 16.7 Å². The van der Waals surface area contributed by atoms with Gasteiger partial charge in [-0.05, 0) is 36.8 Å². The lowest BCUT2D eigenvalue weighted by atomic mass is 10.2. The van der Waals surface area contributed by atoms with E-state index < -0.39 is 11.8 Å². The number of nitrogens with one attached hydrogen (secondary N) is 2. The standard InChI is InChI=1S/C16H16ClN3O4/c1-10-7-12(4-5-13(10)17)24-9-14(21)19-20-16(22)11-3-6-15(23-2)18-8-11/h3-8H,9H2,1-2H3,(H,19,21)(H,20,22). The first-order valence-corrected chi connectivity index (χ1v) is 7.35. The molecule has 2 aromatic rings. The molecule has 0 atom stereocenters. The minimum atomic E-state index is -0.502. The SMILES string of the molecule is COc1ccc(C(=O)NNC(=O)COc2ccc(Cl)c(C)c2)cn1. The number of rotatable bonds is 5. The van der Waals surface area contributed by atoms with Crippen LogP contribution in [0.15, 0.2) is 36.5 Å². The number of benzene rings is 1. The van der Waals surface area contributed by atoms with E-state index in [-0.39, 0.29) is 12.2 Å². The van der Waals surface area contributed by atoms with Gasteiger partial charge >= 0.3 is 0 Å². The summed E-state index contributed by atoms with van der Waals surface area (Å²) in [7, 11) is 1.48. The van der Waals surface area contributed by atoms with E-state index >= 15 is 0 Å². The van der Waals surface area contributed by atoms with Gasteiger partial charge in [-0.3, -0.25) is 20.4 Å². The molecule has 0 aliphatic rings. The maximum Gasteiger partial charge on any atom is 0.276 e. The van der Waals surface area contributed by atoms with Crippen molar-refractivity contribution in [3.05, 3.63) is 52.7 Å². The molecule has 7 nitrogen and oxygen atoms in total. The number of ether oxygens (including phenoxy) is 2. The Kier molecular flexibility index (Phi) is 5.97. The smallest absolute Gasteiger partial charge is 0.276 e. The summed E-state index contributed by atoms with van der Waals surface area (Å²) in [5, 5.41) is 0.618. The molecule has 2 amide bonds. The van der Waals surface area contributed by atoms with Gasteiger partial charge in [-0.15, -0.1) is 0 Å². The number of hydrazine groups is 1. The summed E-state index contributed by atoms with van der Waals surface area (Å²) in [5.41, 5.74) is 5.65. The first-order chi connectivity index (χ1) is 11.5. The number of aromatic nitrogens is 1. The van der Waals surface area contributed by atoms with Gasteiger partial charge in [0.1, 0.15) is 5.75 Å². The molecular formula is C16H16ClN3O4. The van der Waals surface area contributed by atoms with Gasteiger partial charge in [0.25, 0.3) is 11.8 Å². The van der Waals surface area contributed by atoms with E-state index in [1.54, 1.807) is 24.3 Å². The number of carbonyl (C=O) groups excluding carboxylic acids is 2. The summed E-state index contributed by atoms with van der Waals surface area (Å²) in [6, 6.07) is 8.13. The predicted molar refractivity (Wildman–Crippen MR) is 88.1 cm³/mol. The number of hydrogen-bond acceptors (Lipinski definition) is 5. The van der Waals surface area contributed by atoms with E-state index in [2.05, 4.69) is 15.8 Å². The third-order valence-electron chi connectivity index (χ3n) is 3.02. The van der Waals surface area contributed by atoms with E-state index in [9.17, 15) is 9.59 Å². The number of nitrogens with zero attached hydrogens (tertiary/aromatic N) is 1. The van der Waals surface area contributed by atoms with E-state index in [1.807, 2.05) is 6.92 Å². The van der Waals surface area contributed by atoms with Crippen molar-refractivity contribution in [1.82, 2.24) is 15.8 Å². The largest absolute Gasteiger partial charge is 0.484 e. The fourth-order valence-corrected chi connectivity index (χ4v) is 1.84. The lowest BCUT2D eigenvalue weighted by Crippen LogP contribution is -2.43. The Morgan fingerprint density at radius 1 is 1.21 bits per heavy atom. The van der Waals surface area contributed by atoms with Crippen molar-refractivity contribution in [2.45, 2.75) is 6.92 Å². The van der Waals surface area contributed by atoms with Crippen LogP contribution in [0, 0.1) is 6.92 Å². The molecule has 0 aliphatic carbocycles. The summed E-state index contributed by atoms with van der Waals surface area (Å²) < 4.78 is 10.2. The molecule has 24 heavy (non-hydrogen) atoms. The molecule has 0 radical (unpaired) electrons. The molecule has 2 N–H and O–H groups in total. The number of halogens is 1. The van der Waals surface area contributed by atoms with Gasteiger partial charge in [-0.25, -0.2) is 4.98 Å². The molecule has 0 saturated heterocycles. The Hall–Kier alpha value is -2.80. The first kappa shape index (κ1) is 17.6. The number of pyridine rings is 1. The normalized spacial score (nSPS) is 9.96. The van der Waals surface area contributed by atoms with Crippen molar-refractivity contribution in [2.75, 3.05) is 13.7 Å². The second kappa shape index (κ2) is 8.16. The topological polar surface area (TPSA) is 89.6 Å². The molecule has 0 fully saturated rings. The van der Waals surface area contributed by atoms with Gasteiger partial charge in [0.05, 0.1) is 12.7 Å². The molecule has 2 rings (SSSR count). The van der Waals surface area contributed by atoms with Crippen molar-refractivity contribution >= 4 is 23.4 Å². The fourth-order valence-electron chi connectivity index (χ4n) is 1.73. The van der Waals surface area contributed by atoms with Crippen LogP contribution >= 0.6 is 11.6 Å². The number of hydrogen-bond donors (Lipinski definition) is 2. The number of carbonyl (C=O) groups is 2. The zero-order chi connectivity index (χ0) is 17.5. The molecule has 0 bridgehead atoms. The van der Waals surface area contributed by atoms with Crippen LogP contribution in [0.25, 0.3) is 0 Å². The average molecular weight is 350 g/mol. The van der Waals surface area contributed by atoms with Crippen molar-refractivity contribution in [3.63, 3.8) is 0 Å². The van der Waals surface area contributed by atoms with Gasteiger partial charge in [-0.2, -0.15) is 0 Å². The summed E-state index contributed by atoms with van der Waals surface area (Å²) in [6.07, 6.45) is 1.34. The highest BCUT2D eigenvalue weighted by Gasteiger charge is 2.09. The second-order valence-corrected chi connectivity index (χ2v) is 5.20. The van der Waals surface area contributed by atoms with Crippen LogP contribution in [0.3, 0.4) is 0 Å². The van der Waals surface area contributed by atoms with Gasteiger partial charge in [-0.1, -0.05) is 11.6 Å². The zero-order valence-electron chi connectivity index (χ0n) is 13.1. The molecule has 0 spiro atoms. The zero-order valence-corrected chi connectivity index (χ0v) is 13.9. The van der Waals surface area contributed by atoms with Crippen molar-refractivity contribution in [1.29, 1.82) is 0 Å². The minimum Gasteiger partial charge on any atom is -0.484 e. The number of aryl methyl sites for hydroxylation is 1. The van der Waals surface area contributed by atoms with Crippen LogP contribution in [-0.2, 0) is 4.79 Å². The van der Waals surface area contributed by atoms with Gasteiger partial charge in [0.15, 0.2) is 6.61 Å². The highest BCUT2D eigenvalue weighted by atomic mass is 35.5. The van der Waals surface area contributed by atoms with Crippen molar-refractivity contribution in [3.8, 4) is 11.6 Å². The molecule has 0 aliphatic heterocycles. The number of amides is 2. The molecule has 1 heterocycles. The predicted octanol–water partition coefficient (Wildman–Crippen LogP) is 1.89. The van der Waals surface area contributed by atoms with Crippen LogP contribution < -0.4 is 20.3 Å². The second-order valence-electron chi connectivity index (χ2n) is 4.79. The van der Waals surface area contributed by atoms with Crippen LogP contribution in [-0.4, -0.2) is 30.5 Å². The van der Waals surface area contributed by atoms with Crippen LogP contribution in [0.2, 0.25) is 5.02 Å². The quantitative estimate of drug-likeness (QED) is 0.805. The lowest BCUT2D eigenvalue weighted by molar-refractivity contribution is -0.123. The summed E-state index contributed by atoms with van der Waals surface area (Å²) in [4.78, 5) is 27.4. The molecule has 8 heteroatoms. The van der Waals surface area contributed by atoms with Gasteiger partial charge in [0.2, 0.25) is 5.88 Å². The van der Waals surface area contributed by atoms with Gasteiger partial charge in [0, 0.05) is 17.3 Å². The fraction of sp³-hybridized carbons (Fsp3) is 0.188. The third kappa shape index (κ3) is 4.85. The van der Waals surface area contributed by atoms with Crippen molar-refractivity contribution in [2.24, 2.45) is 0 Å².